The van der Waals surface area contributed by atoms with E-state index in [9.17, 15) is 4.79 Å². The fourth-order valence-corrected chi connectivity index (χ4v) is 3.45. The van der Waals surface area contributed by atoms with Crippen molar-refractivity contribution in [3.8, 4) is 0 Å². The topological polar surface area (TPSA) is 58.1 Å². The van der Waals surface area contributed by atoms with Crippen molar-refractivity contribution in [1.82, 2.24) is 15.3 Å². The van der Waals surface area contributed by atoms with Gasteiger partial charge in [-0.3, -0.25) is 9.78 Å². The zero-order chi connectivity index (χ0) is 18.6. The predicted molar refractivity (Wildman–Crippen MR) is 106 cm³/mol. The molecule has 0 spiro atoms. The van der Waals surface area contributed by atoms with E-state index in [2.05, 4.69) is 44.5 Å². The van der Waals surface area contributed by atoms with Crippen LogP contribution in [0.25, 0.3) is 0 Å². The van der Waals surface area contributed by atoms with E-state index < -0.39 is 0 Å². The van der Waals surface area contributed by atoms with Gasteiger partial charge in [0.05, 0.1) is 0 Å². The van der Waals surface area contributed by atoms with E-state index in [1.54, 1.807) is 24.4 Å². The molecule has 136 valence electrons. The third kappa shape index (κ3) is 3.73. The van der Waals surface area contributed by atoms with Crippen molar-refractivity contribution in [3.05, 3.63) is 89.4 Å². The first-order valence-corrected chi connectivity index (χ1v) is 9.19. The number of hydrogen-bond donors (Lipinski definition) is 1. The summed E-state index contributed by atoms with van der Waals surface area (Å²) in [5.74, 6) is 0.752. The maximum Gasteiger partial charge on any atom is 0.213 e. The standard InChI is InChI=1S/C22H22N4O/c1-16-18(9-6-12-23-16)22(27)19-10-5-11-21(25-19)26-14-13-24-20(15-26)17-7-3-2-4-8-17/h2-12,20,24H,13-15H2,1H3/t20-/m1/s1. The quantitative estimate of drug-likeness (QED) is 0.726. The molecule has 0 unspecified atom stereocenters. The Morgan fingerprint density at radius 1 is 1.07 bits per heavy atom. The molecule has 1 aliphatic heterocycles. The number of nitrogens with zero attached hydrogens (tertiary/aromatic N) is 3. The number of hydrogen-bond acceptors (Lipinski definition) is 5. The van der Waals surface area contributed by atoms with Gasteiger partial charge in [0.2, 0.25) is 5.78 Å². The summed E-state index contributed by atoms with van der Waals surface area (Å²) in [5.41, 5.74) is 3.05. The molecule has 1 atom stereocenters. The van der Waals surface area contributed by atoms with Gasteiger partial charge in [0.15, 0.2) is 0 Å². The van der Waals surface area contributed by atoms with Gasteiger partial charge in [-0.15, -0.1) is 0 Å². The Kier molecular flexibility index (Phi) is 4.94. The monoisotopic (exact) mass is 358 g/mol. The Balaban J connectivity index is 1.57. The SMILES string of the molecule is Cc1ncccc1C(=O)c1cccc(N2CCN[C@@H](c3ccccc3)C2)n1. The molecular weight excluding hydrogens is 336 g/mol. The van der Waals surface area contributed by atoms with Crippen LogP contribution < -0.4 is 10.2 Å². The van der Waals surface area contributed by atoms with Crippen molar-refractivity contribution in [2.75, 3.05) is 24.5 Å². The molecule has 5 heteroatoms. The minimum absolute atomic E-state index is 0.0859. The lowest BCUT2D eigenvalue weighted by Gasteiger charge is -2.35. The van der Waals surface area contributed by atoms with Crippen molar-refractivity contribution in [2.45, 2.75) is 13.0 Å². The summed E-state index contributed by atoms with van der Waals surface area (Å²) < 4.78 is 0. The highest BCUT2D eigenvalue weighted by atomic mass is 16.1. The molecule has 0 bridgehead atoms. The molecule has 1 aromatic carbocycles. The number of pyridine rings is 2. The van der Waals surface area contributed by atoms with Crippen LogP contribution in [-0.2, 0) is 0 Å². The maximum atomic E-state index is 12.9. The fraction of sp³-hybridized carbons (Fsp3) is 0.227. The molecular formula is C22H22N4O. The number of carbonyl (C=O) groups excluding carboxylic acids is 1. The van der Waals surface area contributed by atoms with Gasteiger partial charge in [0, 0.05) is 43.1 Å². The first-order valence-electron chi connectivity index (χ1n) is 9.19. The number of benzene rings is 1. The minimum atomic E-state index is -0.0859. The zero-order valence-electron chi connectivity index (χ0n) is 15.3. The Labute approximate surface area is 159 Å². The van der Waals surface area contributed by atoms with Crippen LogP contribution in [0.3, 0.4) is 0 Å². The third-order valence-electron chi connectivity index (χ3n) is 4.92. The summed E-state index contributed by atoms with van der Waals surface area (Å²) in [6, 6.07) is 19.9. The largest absolute Gasteiger partial charge is 0.353 e. The van der Waals surface area contributed by atoms with Crippen LogP contribution in [-0.4, -0.2) is 35.4 Å². The summed E-state index contributed by atoms with van der Waals surface area (Å²) >= 11 is 0. The summed E-state index contributed by atoms with van der Waals surface area (Å²) in [6.45, 7) is 4.40. The van der Waals surface area contributed by atoms with Crippen LogP contribution >= 0.6 is 0 Å². The van der Waals surface area contributed by atoms with Crippen molar-refractivity contribution < 1.29 is 4.79 Å². The Bertz CT molecular complexity index is 942. The molecule has 4 rings (SSSR count). The first-order chi connectivity index (χ1) is 13.2. The first kappa shape index (κ1) is 17.4. The fourth-order valence-electron chi connectivity index (χ4n) is 3.45. The van der Waals surface area contributed by atoms with Gasteiger partial charge in [-0.2, -0.15) is 0 Å². The molecule has 2 aromatic heterocycles. The van der Waals surface area contributed by atoms with Crippen LogP contribution in [0.1, 0.15) is 33.4 Å². The van der Waals surface area contributed by atoms with Gasteiger partial charge >= 0.3 is 0 Å². The second-order valence-electron chi connectivity index (χ2n) is 6.71. The molecule has 1 aliphatic rings. The van der Waals surface area contributed by atoms with Gasteiger partial charge in [-0.25, -0.2) is 4.98 Å². The normalized spacial score (nSPS) is 16.9. The number of rotatable bonds is 4. The summed E-state index contributed by atoms with van der Waals surface area (Å²) in [6.07, 6.45) is 1.69. The summed E-state index contributed by atoms with van der Waals surface area (Å²) in [7, 11) is 0. The molecule has 1 fully saturated rings. The molecule has 0 saturated carbocycles. The number of ketones is 1. The number of nitrogens with one attached hydrogen (secondary N) is 1. The second-order valence-corrected chi connectivity index (χ2v) is 6.71. The van der Waals surface area contributed by atoms with E-state index in [0.29, 0.717) is 11.3 Å². The van der Waals surface area contributed by atoms with Crippen LogP contribution in [0, 0.1) is 6.92 Å². The zero-order valence-corrected chi connectivity index (χ0v) is 15.3. The molecule has 3 aromatic rings. The van der Waals surface area contributed by atoms with Crippen LogP contribution in [0.2, 0.25) is 0 Å². The third-order valence-corrected chi connectivity index (χ3v) is 4.92. The van der Waals surface area contributed by atoms with Crippen LogP contribution in [0.5, 0.6) is 0 Å². The average Bonchev–Trinajstić information content (AvgIpc) is 2.74. The van der Waals surface area contributed by atoms with Gasteiger partial charge in [-0.05, 0) is 36.8 Å². The lowest BCUT2D eigenvalue weighted by molar-refractivity contribution is 0.103. The smallest absolute Gasteiger partial charge is 0.213 e. The Morgan fingerprint density at radius 2 is 1.93 bits per heavy atom. The summed E-state index contributed by atoms with van der Waals surface area (Å²) in [4.78, 5) is 24.0. The highest BCUT2D eigenvalue weighted by Crippen LogP contribution is 2.22. The van der Waals surface area contributed by atoms with E-state index in [1.165, 1.54) is 5.56 Å². The second kappa shape index (κ2) is 7.68. The van der Waals surface area contributed by atoms with E-state index in [0.717, 1.165) is 31.1 Å². The van der Waals surface area contributed by atoms with Gasteiger partial charge < -0.3 is 10.2 Å². The molecule has 0 radical (unpaired) electrons. The number of piperazine rings is 1. The molecule has 0 aliphatic carbocycles. The average molecular weight is 358 g/mol. The van der Waals surface area contributed by atoms with Gasteiger partial charge in [0.25, 0.3) is 0 Å². The highest BCUT2D eigenvalue weighted by Gasteiger charge is 2.22. The molecule has 3 heterocycles. The maximum absolute atomic E-state index is 12.9. The number of aromatic nitrogens is 2. The molecule has 1 N–H and O–H groups in total. The van der Waals surface area contributed by atoms with E-state index in [4.69, 9.17) is 0 Å². The molecule has 0 amide bonds. The van der Waals surface area contributed by atoms with Crippen molar-refractivity contribution in [1.29, 1.82) is 0 Å². The molecule has 5 nitrogen and oxygen atoms in total. The molecule has 27 heavy (non-hydrogen) atoms. The van der Waals surface area contributed by atoms with E-state index in [1.807, 2.05) is 25.1 Å². The van der Waals surface area contributed by atoms with E-state index in [-0.39, 0.29) is 11.8 Å². The summed E-state index contributed by atoms with van der Waals surface area (Å²) in [5, 5.41) is 3.56. The molecule has 1 saturated heterocycles. The van der Waals surface area contributed by atoms with Crippen molar-refractivity contribution in [2.24, 2.45) is 0 Å². The van der Waals surface area contributed by atoms with Gasteiger partial charge in [0.1, 0.15) is 11.5 Å². The number of anilines is 1. The number of aryl methyl sites for hydroxylation is 1. The Hall–Kier alpha value is -3.05. The lowest BCUT2D eigenvalue weighted by Crippen LogP contribution is -2.46. The minimum Gasteiger partial charge on any atom is -0.353 e. The predicted octanol–water partition coefficient (Wildman–Crippen LogP) is 3.17. The van der Waals surface area contributed by atoms with Crippen molar-refractivity contribution >= 4 is 11.6 Å². The highest BCUT2D eigenvalue weighted by molar-refractivity contribution is 6.08. The van der Waals surface area contributed by atoms with Crippen LogP contribution in [0.4, 0.5) is 5.82 Å². The van der Waals surface area contributed by atoms with Crippen molar-refractivity contribution in [3.63, 3.8) is 0 Å². The number of carbonyl (C=O) groups is 1. The van der Waals surface area contributed by atoms with Crippen LogP contribution in [0.15, 0.2) is 66.9 Å². The Morgan fingerprint density at radius 3 is 2.74 bits per heavy atom. The van der Waals surface area contributed by atoms with E-state index >= 15 is 0 Å². The van der Waals surface area contributed by atoms with Gasteiger partial charge in [-0.1, -0.05) is 36.4 Å². The lowest BCUT2D eigenvalue weighted by atomic mass is 10.0.